The fourth-order valence-electron chi connectivity index (χ4n) is 2.47. The standard InChI is InChI=1S/C15H17N5O2S/c1-10-8-11(9-16)20-15(18-10)13(14(17-2)19-20)23(21,22)12-6-4-3-5-7-12/h3-8H,9,16H2,1-2H3,(H,17,19). The van der Waals surface area contributed by atoms with Crippen molar-refractivity contribution in [3.8, 4) is 0 Å². The van der Waals surface area contributed by atoms with E-state index in [1.165, 1.54) is 4.52 Å². The Bertz CT molecular complexity index is 964. The van der Waals surface area contributed by atoms with Crippen LogP contribution in [-0.4, -0.2) is 30.1 Å². The monoisotopic (exact) mass is 331 g/mol. The minimum absolute atomic E-state index is 0.0598. The molecule has 1 aromatic carbocycles. The molecule has 0 aliphatic rings. The number of fused-ring (bicyclic) bond motifs is 1. The van der Waals surface area contributed by atoms with Crippen molar-refractivity contribution in [2.75, 3.05) is 12.4 Å². The number of sulfone groups is 1. The average molecular weight is 331 g/mol. The van der Waals surface area contributed by atoms with E-state index in [-0.39, 0.29) is 27.8 Å². The molecule has 0 atom stereocenters. The van der Waals surface area contributed by atoms with E-state index < -0.39 is 9.84 Å². The summed E-state index contributed by atoms with van der Waals surface area (Å²) in [5.74, 6) is 0.252. The average Bonchev–Trinajstić information content (AvgIpc) is 2.93. The molecule has 0 unspecified atom stereocenters. The van der Waals surface area contributed by atoms with Crippen LogP contribution in [0.25, 0.3) is 5.65 Å². The van der Waals surface area contributed by atoms with Gasteiger partial charge in [0.25, 0.3) is 0 Å². The normalized spacial score (nSPS) is 11.8. The van der Waals surface area contributed by atoms with Crippen LogP contribution in [0.2, 0.25) is 0 Å². The fraction of sp³-hybridized carbons (Fsp3) is 0.200. The Hall–Kier alpha value is -2.45. The van der Waals surface area contributed by atoms with Gasteiger partial charge in [-0.15, -0.1) is 5.10 Å². The predicted molar refractivity (Wildman–Crippen MR) is 87.1 cm³/mol. The van der Waals surface area contributed by atoms with Crippen LogP contribution in [0, 0.1) is 6.92 Å². The molecule has 0 aliphatic carbocycles. The summed E-state index contributed by atoms with van der Waals surface area (Å²) in [4.78, 5) is 4.63. The largest absolute Gasteiger partial charge is 0.370 e. The molecule has 120 valence electrons. The molecule has 0 fully saturated rings. The van der Waals surface area contributed by atoms with Crippen molar-refractivity contribution in [3.05, 3.63) is 47.8 Å². The number of nitrogens with zero attached hydrogens (tertiary/aromatic N) is 3. The number of benzene rings is 1. The minimum atomic E-state index is -3.76. The van der Waals surface area contributed by atoms with Crippen molar-refractivity contribution >= 4 is 21.3 Å². The molecule has 0 saturated heterocycles. The van der Waals surface area contributed by atoms with E-state index in [1.807, 2.05) is 0 Å². The zero-order valence-electron chi connectivity index (χ0n) is 12.8. The van der Waals surface area contributed by atoms with Gasteiger partial charge in [0.2, 0.25) is 9.84 Å². The minimum Gasteiger partial charge on any atom is -0.370 e. The van der Waals surface area contributed by atoms with Crippen molar-refractivity contribution < 1.29 is 8.42 Å². The van der Waals surface area contributed by atoms with Crippen LogP contribution in [0.5, 0.6) is 0 Å². The number of aryl methyl sites for hydroxylation is 1. The van der Waals surface area contributed by atoms with Gasteiger partial charge >= 0.3 is 0 Å². The Balaban J connectivity index is 2.39. The first kappa shape index (κ1) is 15.4. The van der Waals surface area contributed by atoms with E-state index in [9.17, 15) is 8.42 Å². The SMILES string of the molecule is CNc1nn2c(CN)cc(C)nc2c1S(=O)(=O)c1ccccc1. The van der Waals surface area contributed by atoms with Crippen LogP contribution in [-0.2, 0) is 16.4 Å². The molecule has 0 bridgehead atoms. The summed E-state index contributed by atoms with van der Waals surface area (Å²) in [6.45, 7) is 2.03. The van der Waals surface area contributed by atoms with E-state index in [4.69, 9.17) is 5.73 Å². The van der Waals surface area contributed by atoms with Crippen molar-refractivity contribution in [1.82, 2.24) is 14.6 Å². The first-order valence-corrected chi connectivity index (χ1v) is 8.54. The number of nitrogens with one attached hydrogen (secondary N) is 1. The van der Waals surface area contributed by atoms with E-state index in [1.54, 1.807) is 50.4 Å². The lowest BCUT2D eigenvalue weighted by Crippen LogP contribution is -2.08. The number of aromatic nitrogens is 3. The molecule has 8 heteroatoms. The number of hydrogen-bond acceptors (Lipinski definition) is 6. The molecule has 2 aromatic heterocycles. The van der Waals surface area contributed by atoms with E-state index >= 15 is 0 Å². The van der Waals surface area contributed by atoms with Crippen LogP contribution >= 0.6 is 0 Å². The first-order valence-electron chi connectivity index (χ1n) is 7.06. The van der Waals surface area contributed by atoms with Crippen molar-refractivity contribution in [1.29, 1.82) is 0 Å². The summed E-state index contributed by atoms with van der Waals surface area (Å²) in [7, 11) is -2.13. The molecule has 3 N–H and O–H groups in total. The summed E-state index contributed by atoms with van der Waals surface area (Å²) in [5, 5.41) is 7.16. The van der Waals surface area contributed by atoms with Crippen molar-refractivity contribution in [3.63, 3.8) is 0 Å². The van der Waals surface area contributed by atoms with Gasteiger partial charge in [-0.2, -0.15) is 0 Å². The lowest BCUT2D eigenvalue weighted by Gasteiger charge is -2.06. The van der Waals surface area contributed by atoms with Gasteiger partial charge in [0.05, 0.1) is 10.6 Å². The van der Waals surface area contributed by atoms with Crippen LogP contribution in [0.15, 0.2) is 46.2 Å². The molecule has 3 rings (SSSR count). The maximum atomic E-state index is 13.0. The van der Waals surface area contributed by atoms with Crippen LogP contribution in [0.4, 0.5) is 5.82 Å². The third-order valence-corrected chi connectivity index (χ3v) is 5.32. The molecule has 7 nitrogen and oxygen atoms in total. The van der Waals surface area contributed by atoms with Gasteiger partial charge in [-0.3, -0.25) is 0 Å². The van der Waals surface area contributed by atoms with Crippen LogP contribution < -0.4 is 11.1 Å². The zero-order valence-corrected chi connectivity index (χ0v) is 13.6. The summed E-state index contributed by atoms with van der Waals surface area (Å²) < 4.78 is 27.6. The molecule has 23 heavy (non-hydrogen) atoms. The highest BCUT2D eigenvalue weighted by molar-refractivity contribution is 7.91. The second-order valence-corrected chi connectivity index (χ2v) is 6.96. The smallest absolute Gasteiger partial charge is 0.214 e. The Morgan fingerprint density at radius 1 is 1.26 bits per heavy atom. The fourth-order valence-corrected chi connectivity index (χ4v) is 3.99. The summed E-state index contributed by atoms with van der Waals surface area (Å²) in [5.41, 5.74) is 7.40. The van der Waals surface area contributed by atoms with Gasteiger partial charge in [-0.05, 0) is 25.1 Å². The molecule has 0 aliphatic heterocycles. The van der Waals surface area contributed by atoms with Gasteiger partial charge in [0, 0.05) is 19.3 Å². The number of rotatable bonds is 4. The number of nitrogens with two attached hydrogens (primary N) is 1. The predicted octanol–water partition coefficient (Wildman–Crippen LogP) is 1.37. The summed E-state index contributed by atoms with van der Waals surface area (Å²) in [6.07, 6.45) is 0. The van der Waals surface area contributed by atoms with E-state index in [0.717, 1.165) is 0 Å². The topological polar surface area (TPSA) is 102 Å². The molecule has 2 heterocycles. The van der Waals surface area contributed by atoms with Crippen molar-refractivity contribution in [2.24, 2.45) is 5.73 Å². The Morgan fingerprint density at radius 2 is 1.96 bits per heavy atom. The van der Waals surface area contributed by atoms with Gasteiger partial charge in [0.1, 0.15) is 0 Å². The molecule has 0 radical (unpaired) electrons. The molecule has 0 spiro atoms. The number of hydrogen-bond donors (Lipinski definition) is 2. The second-order valence-electron chi connectivity index (χ2n) is 5.07. The lowest BCUT2D eigenvalue weighted by molar-refractivity contribution is 0.597. The first-order chi connectivity index (χ1) is 11.0. The molecule has 0 amide bonds. The Kier molecular flexibility index (Phi) is 3.78. The van der Waals surface area contributed by atoms with Crippen LogP contribution in [0.3, 0.4) is 0 Å². The van der Waals surface area contributed by atoms with Crippen LogP contribution in [0.1, 0.15) is 11.4 Å². The second kappa shape index (κ2) is 5.64. The van der Waals surface area contributed by atoms with E-state index in [2.05, 4.69) is 15.4 Å². The molecular weight excluding hydrogens is 314 g/mol. The maximum Gasteiger partial charge on any atom is 0.214 e. The van der Waals surface area contributed by atoms with E-state index in [0.29, 0.717) is 11.4 Å². The number of anilines is 1. The maximum absolute atomic E-state index is 13.0. The lowest BCUT2D eigenvalue weighted by atomic mass is 10.3. The highest BCUT2D eigenvalue weighted by Gasteiger charge is 2.29. The van der Waals surface area contributed by atoms with Gasteiger partial charge in [-0.1, -0.05) is 18.2 Å². The zero-order chi connectivity index (χ0) is 16.6. The van der Waals surface area contributed by atoms with Gasteiger partial charge in [0.15, 0.2) is 16.4 Å². The molecular formula is C15H17N5O2S. The summed E-state index contributed by atoms with van der Waals surface area (Å²) >= 11 is 0. The van der Waals surface area contributed by atoms with Crippen molar-refractivity contribution in [2.45, 2.75) is 23.3 Å². The molecule has 3 aromatic rings. The Labute approximate surface area is 134 Å². The quantitative estimate of drug-likeness (QED) is 0.748. The third-order valence-electron chi connectivity index (χ3n) is 3.52. The summed E-state index contributed by atoms with van der Waals surface area (Å²) in [6, 6.07) is 10.0. The highest BCUT2D eigenvalue weighted by Crippen LogP contribution is 2.30. The Morgan fingerprint density at radius 3 is 2.57 bits per heavy atom. The molecule has 0 saturated carbocycles. The third kappa shape index (κ3) is 2.45. The highest BCUT2D eigenvalue weighted by atomic mass is 32.2. The van der Waals surface area contributed by atoms with Gasteiger partial charge in [-0.25, -0.2) is 17.9 Å². The van der Waals surface area contributed by atoms with Gasteiger partial charge < -0.3 is 11.1 Å².